The Hall–Kier alpha value is -3.00. The molecule has 0 bridgehead atoms. The van der Waals surface area contributed by atoms with E-state index in [1.54, 1.807) is 17.4 Å². The number of nitrogens with one attached hydrogen (secondary N) is 2. The van der Waals surface area contributed by atoms with Gasteiger partial charge in [-0.15, -0.1) is 21.5 Å². The topological polar surface area (TPSA) is 88.0 Å². The lowest BCUT2D eigenvalue weighted by Gasteiger charge is -2.02. The van der Waals surface area contributed by atoms with Crippen LogP contribution in [0, 0.1) is 6.92 Å². The maximum absolute atomic E-state index is 12.2. The molecule has 0 aliphatic heterocycles. The summed E-state index contributed by atoms with van der Waals surface area (Å²) >= 11 is 1.67. The van der Waals surface area contributed by atoms with Gasteiger partial charge in [0, 0.05) is 24.0 Å². The smallest absolute Gasteiger partial charge is 0.271 e. The van der Waals surface area contributed by atoms with Gasteiger partial charge in [0.2, 0.25) is 0 Å². The van der Waals surface area contributed by atoms with Gasteiger partial charge in [-0.2, -0.15) is 5.10 Å². The fourth-order valence-corrected chi connectivity index (χ4v) is 3.58. The molecule has 0 spiro atoms. The van der Waals surface area contributed by atoms with Gasteiger partial charge in [-0.05, 0) is 43.7 Å². The third-order valence-electron chi connectivity index (χ3n) is 4.06. The number of aryl methyl sites for hydroxylation is 2. The van der Waals surface area contributed by atoms with Crippen molar-refractivity contribution in [3.8, 4) is 10.6 Å². The van der Waals surface area contributed by atoms with E-state index in [1.807, 2.05) is 34.9 Å². The van der Waals surface area contributed by atoms with Crippen LogP contribution in [0.5, 0.6) is 0 Å². The quantitative estimate of drug-likeness (QED) is 0.514. The molecule has 4 heterocycles. The van der Waals surface area contributed by atoms with Gasteiger partial charge in [0.1, 0.15) is 5.82 Å². The molecular formula is C18H18N6OS. The molecule has 4 rings (SSSR count). The summed E-state index contributed by atoms with van der Waals surface area (Å²) in [6.45, 7) is 2.61. The van der Waals surface area contributed by atoms with Crippen molar-refractivity contribution < 1.29 is 4.79 Å². The monoisotopic (exact) mass is 366 g/mol. The highest BCUT2D eigenvalue weighted by atomic mass is 32.1. The predicted molar refractivity (Wildman–Crippen MR) is 100 cm³/mol. The van der Waals surface area contributed by atoms with Crippen LogP contribution in [-0.4, -0.2) is 37.2 Å². The van der Waals surface area contributed by atoms with Gasteiger partial charge >= 0.3 is 0 Å². The number of hydrogen-bond donors (Lipinski definition) is 2. The van der Waals surface area contributed by atoms with Gasteiger partial charge in [0.05, 0.1) is 10.6 Å². The molecule has 0 saturated heterocycles. The van der Waals surface area contributed by atoms with Gasteiger partial charge in [-0.3, -0.25) is 14.3 Å². The Labute approximate surface area is 154 Å². The van der Waals surface area contributed by atoms with E-state index in [-0.39, 0.29) is 5.91 Å². The molecule has 7 nitrogen and oxygen atoms in total. The van der Waals surface area contributed by atoms with Crippen molar-refractivity contribution in [1.29, 1.82) is 0 Å². The molecule has 0 atom stereocenters. The molecule has 132 valence electrons. The summed E-state index contributed by atoms with van der Waals surface area (Å²) in [6.07, 6.45) is 3.47. The van der Waals surface area contributed by atoms with Crippen LogP contribution in [0.15, 0.2) is 42.6 Å². The second kappa shape index (κ2) is 7.09. The van der Waals surface area contributed by atoms with Crippen LogP contribution in [0.2, 0.25) is 0 Å². The molecule has 1 amide bonds. The maximum atomic E-state index is 12.2. The molecule has 0 radical (unpaired) electrons. The van der Waals surface area contributed by atoms with E-state index >= 15 is 0 Å². The number of rotatable bonds is 6. The fourth-order valence-electron chi connectivity index (χ4n) is 2.74. The number of hydrogen-bond acceptors (Lipinski definition) is 5. The zero-order valence-corrected chi connectivity index (χ0v) is 15.1. The SMILES string of the molecule is Cc1ccc(-c2cc(C(=O)NCCCc3nnc4ccccn34)n[nH]2)s1. The molecule has 0 aromatic carbocycles. The Morgan fingerprint density at radius 3 is 3.04 bits per heavy atom. The molecule has 2 N–H and O–H groups in total. The van der Waals surface area contributed by atoms with Crippen molar-refractivity contribution in [3.63, 3.8) is 0 Å². The number of fused-ring (bicyclic) bond motifs is 1. The molecule has 0 aliphatic carbocycles. The van der Waals surface area contributed by atoms with Gasteiger partial charge in [-0.1, -0.05) is 6.07 Å². The zero-order chi connectivity index (χ0) is 17.9. The van der Waals surface area contributed by atoms with Crippen molar-refractivity contribution >= 4 is 22.9 Å². The number of nitrogens with zero attached hydrogens (tertiary/aromatic N) is 4. The van der Waals surface area contributed by atoms with Crippen molar-refractivity contribution in [2.24, 2.45) is 0 Å². The van der Waals surface area contributed by atoms with Crippen LogP contribution >= 0.6 is 11.3 Å². The van der Waals surface area contributed by atoms with Gasteiger partial charge in [-0.25, -0.2) is 0 Å². The average molecular weight is 366 g/mol. The van der Waals surface area contributed by atoms with E-state index in [0.717, 1.165) is 34.9 Å². The third kappa shape index (κ3) is 3.36. The van der Waals surface area contributed by atoms with E-state index in [1.165, 1.54) is 4.88 Å². The molecule has 26 heavy (non-hydrogen) atoms. The van der Waals surface area contributed by atoms with Crippen molar-refractivity contribution in [1.82, 2.24) is 30.1 Å². The Bertz CT molecular complexity index is 1050. The highest BCUT2D eigenvalue weighted by Gasteiger charge is 2.12. The normalized spacial score (nSPS) is 11.1. The van der Waals surface area contributed by atoms with Crippen molar-refractivity contribution in [2.45, 2.75) is 19.8 Å². The van der Waals surface area contributed by atoms with Crippen LogP contribution in [-0.2, 0) is 6.42 Å². The first-order valence-electron chi connectivity index (χ1n) is 8.40. The summed E-state index contributed by atoms with van der Waals surface area (Å²) in [5, 5.41) is 18.3. The maximum Gasteiger partial charge on any atom is 0.271 e. The summed E-state index contributed by atoms with van der Waals surface area (Å²) in [6, 6.07) is 11.7. The lowest BCUT2D eigenvalue weighted by atomic mass is 10.2. The van der Waals surface area contributed by atoms with E-state index in [4.69, 9.17) is 0 Å². The minimum atomic E-state index is -0.174. The third-order valence-corrected chi connectivity index (χ3v) is 5.10. The van der Waals surface area contributed by atoms with Gasteiger partial charge in [0.15, 0.2) is 11.3 Å². The van der Waals surface area contributed by atoms with Crippen LogP contribution in [0.25, 0.3) is 16.2 Å². The van der Waals surface area contributed by atoms with Crippen LogP contribution in [0.3, 0.4) is 0 Å². The van der Waals surface area contributed by atoms with Crippen molar-refractivity contribution in [2.75, 3.05) is 6.54 Å². The number of carbonyl (C=O) groups excluding carboxylic acids is 1. The van der Waals surface area contributed by atoms with E-state index < -0.39 is 0 Å². The van der Waals surface area contributed by atoms with E-state index in [2.05, 4.69) is 38.7 Å². The number of H-pyrrole nitrogens is 1. The average Bonchev–Trinajstić information content (AvgIpc) is 3.38. The summed E-state index contributed by atoms with van der Waals surface area (Å²) in [7, 11) is 0. The molecule has 8 heteroatoms. The molecule has 0 fully saturated rings. The number of carbonyl (C=O) groups is 1. The first kappa shape index (κ1) is 16.5. The Kier molecular flexibility index (Phi) is 4.49. The summed E-state index contributed by atoms with van der Waals surface area (Å²) < 4.78 is 1.96. The minimum absolute atomic E-state index is 0.174. The minimum Gasteiger partial charge on any atom is -0.351 e. The number of thiophene rings is 1. The zero-order valence-electron chi connectivity index (χ0n) is 14.3. The summed E-state index contributed by atoms with van der Waals surface area (Å²) in [5.74, 6) is 0.719. The van der Waals surface area contributed by atoms with Crippen LogP contribution in [0.4, 0.5) is 0 Å². The molecule has 4 aromatic rings. The molecule has 0 saturated carbocycles. The fraction of sp³-hybridized carbons (Fsp3) is 0.222. The molecule has 0 unspecified atom stereocenters. The van der Waals surface area contributed by atoms with E-state index in [9.17, 15) is 4.79 Å². The van der Waals surface area contributed by atoms with E-state index in [0.29, 0.717) is 12.2 Å². The van der Waals surface area contributed by atoms with Crippen LogP contribution < -0.4 is 5.32 Å². The number of amides is 1. The number of aromatic nitrogens is 5. The van der Waals surface area contributed by atoms with Gasteiger partial charge in [0.25, 0.3) is 5.91 Å². The molecule has 0 aliphatic rings. The largest absolute Gasteiger partial charge is 0.351 e. The Morgan fingerprint density at radius 1 is 1.27 bits per heavy atom. The second-order valence-electron chi connectivity index (χ2n) is 5.98. The highest BCUT2D eigenvalue weighted by molar-refractivity contribution is 7.15. The highest BCUT2D eigenvalue weighted by Crippen LogP contribution is 2.26. The predicted octanol–water partition coefficient (Wildman–Crippen LogP) is 2.85. The first-order valence-corrected chi connectivity index (χ1v) is 9.21. The number of pyridine rings is 1. The lowest BCUT2D eigenvalue weighted by molar-refractivity contribution is 0.0948. The second-order valence-corrected chi connectivity index (χ2v) is 7.27. The summed E-state index contributed by atoms with van der Waals surface area (Å²) in [4.78, 5) is 14.5. The Morgan fingerprint density at radius 2 is 2.19 bits per heavy atom. The standard InChI is InChI=1S/C18H18N6OS/c1-12-7-8-15(26-12)13-11-14(21-20-13)18(25)19-9-4-6-17-23-22-16-5-2-3-10-24(16)17/h2-3,5,7-8,10-11H,4,6,9H2,1H3,(H,19,25)(H,20,21). The van der Waals surface area contributed by atoms with Crippen molar-refractivity contribution in [3.05, 3.63) is 59.0 Å². The summed E-state index contributed by atoms with van der Waals surface area (Å²) in [5.41, 5.74) is 2.10. The Balaban J connectivity index is 1.31. The number of aromatic amines is 1. The molecule has 4 aromatic heterocycles. The first-order chi connectivity index (χ1) is 12.7. The van der Waals surface area contributed by atoms with Crippen LogP contribution in [0.1, 0.15) is 27.6 Å². The lowest BCUT2D eigenvalue weighted by Crippen LogP contribution is -2.25. The molecular weight excluding hydrogens is 348 g/mol. The van der Waals surface area contributed by atoms with Gasteiger partial charge < -0.3 is 5.32 Å².